The lowest BCUT2D eigenvalue weighted by molar-refractivity contribution is 0.380. The molecule has 13 heteroatoms. The summed E-state index contributed by atoms with van der Waals surface area (Å²) in [6, 6.07) is 4.52. The van der Waals surface area contributed by atoms with Gasteiger partial charge in [0.05, 0.1) is 0 Å². The van der Waals surface area contributed by atoms with Gasteiger partial charge in [-0.25, -0.2) is 39.5 Å². The second kappa shape index (κ2) is 10.2. The van der Waals surface area contributed by atoms with Crippen molar-refractivity contribution in [3.63, 3.8) is 0 Å². The third-order valence-electron chi connectivity index (χ3n) is 5.49. The Morgan fingerprint density at radius 1 is 0.667 bits per heavy atom. The van der Waals surface area contributed by atoms with E-state index in [1.54, 1.807) is 0 Å². The zero-order valence-electron chi connectivity index (χ0n) is 19.0. The van der Waals surface area contributed by atoms with Gasteiger partial charge in [-0.3, -0.25) is 4.98 Å². The van der Waals surface area contributed by atoms with Crippen molar-refractivity contribution in [3.05, 3.63) is 82.4 Å². The molecule has 1 heterocycles. The summed E-state index contributed by atoms with van der Waals surface area (Å²) in [5, 5.41) is 4.63. The minimum atomic E-state index is -2.34. The first-order valence-electron chi connectivity index (χ1n) is 10.3. The van der Waals surface area contributed by atoms with Gasteiger partial charge in [-0.15, -0.1) is 0 Å². The van der Waals surface area contributed by atoms with Crippen molar-refractivity contribution in [2.24, 2.45) is 0 Å². The maximum Gasteiger partial charge on any atom is 0.200 e. The number of rotatable bonds is 8. The highest BCUT2D eigenvalue weighted by molar-refractivity contribution is 5.71. The first-order chi connectivity index (χ1) is 16.8. The van der Waals surface area contributed by atoms with Crippen LogP contribution in [0.5, 0.6) is 0 Å². The van der Waals surface area contributed by atoms with Gasteiger partial charge in [0.15, 0.2) is 46.5 Å². The first-order valence-corrected chi connectivity index (χ1v) is 10.3. The molecule has 0 fully saturated rings. The summed E-state index contributed by atoms with van der Waals surface area (Å²) in [5.41, 5.74) is -3.92. The maximum absolute atomic E-state index is 14.6. The van der Waals surface area contributed by atoms with Crippen LogP contribution in [0.25, 0.3) is 0 Å². The van der Waals surface area contributed by atoms with E-state index < -0.39 is 87.9 Å². The molecule has 1 unspecified atom stereocenters. The zero-order valence-corrected chi connectivity index (χ0v) is 19.0. The summed E-state index contributed by atoms with van der Waals surface area (Å²) >= 11 is 0. The van der Waals surface area contributed by atoms with E-state index in [4.69, 9.17) is 0 Å². The van der Waals surface area contributed by atoms with E-state index >= 15 is 0 Å². The van der Waals surface area contributed by atoms with Gasteiger partial charge in [0.1, 0.15) is 17.1 Å². The van der Waals surface area contributed by atoms with E-state index in [0.717, 1.165) is 4.90 Å². The van der Waals surface area contributed by atoms with Gasteiger partial charge in [0.25, 0.3) is 0 Å². The van der Waals surface area contributed by atoms with Gasteiger partial charge >= 0.3 is 0 Å². The Bertz CT molecular complexity index is 1260. The molecule has 3 aromatic rings. The number of nitrogens with zero attached hydrogens (tertiary/aromatic N) is 2. The normalized spacial score (nSPS) is 12.9. The van der Waals surface area contributed by atoms with Crippen molar-refractivity contribution in [1.29, 1.82) is 0 Å². The second-order valence-electron chi connectivity index (χ2n) is 8.30. The number of benzene rings is 2. The third-order valence-corrected chi connectivity index (χ3v) is 5.49. The Morgan fingerprint density at radius 3 is 1.58 bits per heavy atom. The van der Waals surface area contributed by atoms with Crippen molar-refractivity contribution in [3.8, 4) is 0 Å². The van der Waals surface area contributed by atoms with E-state index in [2.05, 4.69) is 15.6 Å². The van der Waals surface area contributed by atoms with Crippen LogP contribution in [0.15, 0.2) is 24.4 Å². The smallest absolute Gasteiger partial charge is 0.200 e. The SMILES string of the molecule is CN(C)c1c(F)c(F)c(F)c(F)c1NCC(C)(CNc1c(F)c(F)c(F)c(F)c1F)c1ccccn1. The molecule has 0 aliphatic heterocycles. The predicted octanol–water partition coefficient (Wildman–Crippen LogP) is 5.88. The second-order valence-corrected chi connectivity index (χ2v) is 8.30. The Balaban J connectivity index is 2.02. The Morgan fingerprint density at radius 2 is 1.11 bits per heavy atom. The number of hydrogen-bond acceptors (Lipinski definition) is 4. The maximum atomic E-state index is 14.6. The number of aromatic nitrogens is 1. The zero-order chi connectivity index (χ0) is 26.9. The average molecular weight is 522 g/mol. The highest BCUT2D eigenvalue weighted by Crippen LogP contribution is 2.36. The molecule has 0 saturated carbocycles. The standard InChI is InChI=1S/C23H19F9N4/c1-23(10-6-4-5-7-33-10,8-34-20-16(29)12(25)11(24)13(26)17(20)30)9-35-21-18(31)14(27)15(28)19(32)22(21)36(2)3/h4-7,34-35H,8-9H2,1-3H3. The van der Waals surface area contributed by atoms with E-state index in [-0.39, 0.29) is 5.69 Å². The summed E-state index contributed by atoms with van der Waals surface area (Å²) in [4.78, 5) is 5.11. The van der Waals surface area contributed by atoms with Crippen molar-refractivity contribution >= 4 is 17.1 Å². The molecule has 1 aromatic heterocycles. The molecule has 2 aromatic carbocycles. The summed E-state index contributed by atoms with van der Waals surface area (Å²) in [6.07, 6.45) is 1.34. The van der Waals surface area contributed by atoms with Gasteiger partial charge < -0.3 is 15.5 Å². The molecule has 3 rings (SSSR count). The van der Waals surface area contributed by atoms with Gasteiger partial charge in [0.2, 0.25) is 5.82 Å². The number of nitrogens with one attached hydrogen (secondary N) is 2. The molecule has 0 saturated heterocycles. The quantitative estimate of drug-likeness (QED) is 0.220. The first kappa shape index (κ1) is 27.0. The van der Waals surface area contributed by atoms with Crippen molar-refractivity contribution in [2.75, 3.05) is 42.7 Å². The third kappa shape index (κ3) is 4.73. The Hall–Kier alpha value is -3.64. The molecular weight excluding hydrogens is 503 g/mol. The van der Waals surface area contributed by atoms with Gasteiger partial charge in [-0.1, -0.05) is 13.0 Å². The van der Waals surface area contributed by atoms with Crippen LogP contribution in [-0.2, 0) is 5.41 Å². The molecule has 0 spiro atoms. The van der Waals surface area contributed by atoms with Crippen LogP contribution in [0.4, 0.5) is 56.6 Å². The van der Waals surface area contributed by atoms with Crippen LogP contribution in [0, 0.1) is 52.4 Å². The Kier molecular flexibility index (Phi) is 7.60. The molecule has 4 nitrogen and oxygen atoms in total. The molecule has 194 valence electrons. The number of pyridine rings is 1. The number of anilines is 3. The molecule has 0 aliphatic rings. The highest BCUT2D eigenvalue weighted by atomic mass is 19.2. The molecule has 0 aliphatic carbocycles. The monoisotopic (exact) mass is 522 g/mol. The van der Waals surface area contributed by atoms with Crippen molar-refractivity contribution in [1.82, 2.24) is 4.98 Å². The summed E-state index contributed by atoms with van der Waals surface area (Å²) in [5.74, 6) is -18.4. The number of halogens is 9. The molecule has 0 bridgehead atoms. The van der Waals surface area contributed by atoms with Crippen molar-refractivity contribution < 1.29 is 39.5 Å². The fraction of sp³-hybridized carbons (Fsp3) is 0.261. The molecule has 0 amide bonds. The largest absolute Gasteiger partial charge is 0.380 e. The molecule has 36 heavy (non-hydrogen) atoms. The van der Waals surface area contributed by atoms with Gasteiger partial charge in [-0.05, 0) is 12.1 Å². The predicted molar refractivity (Wildman–Crippen MR) is 115 cm³/mol. The van der Waals surface area contributed by atoms with Crippen LogP contribution in [-0.4, -0.2) is 32.2 Å². The van der Waals surface area contributed by atoms with Gasteiger partial charge in [-0.2, -0.15) is 0 Å². The summed E-state index contributed by atoms with van der Waals surface area (Å²) in [6.45, 7) is 0.444. The van der Waals surface area contributed by atoms with Crippen LogP contribution in [0.1, 0.15) is 12.6 Å². The number of hydrogen-bond donors (Lipinski definition) is 2. The van der Waals surface area contributed by atoms with E-state index in [1.165, 1.54) is 45.4 Å². The minimum Gasteiger partial charge on any atom is -0.380 e. The minimum absolute atomic E-state index is 0.198. The molecule has 2 N–H and O–H groups in total. The fourth-order valence-electron chi connectivity index (χ4n) is 3.49. The molecular formula is C23H19F9N4. The average Bonchev–Trinajstić information content (AvgIpc) is 2.86. The van der Waals surface area contributed by atoms with Gasteiger partial charge in [0, 0.05) is 44.5 Å². The summed E-state index contributed by atoms with van der Waals surface area (Å²) < 4.78 is 126. The van der Waals surface area contributed by atoms with E-state index in [0.29, 0.717) is 0 Å². The van der Waals surface area contributed by atoms with Crippen LogP contribution < -0.4 is 15.5 Å². The lowest BCUT2D eigenvalue weighted by atomic mass is 9.85. The highest BCUT2D eigenvalue weighted by Gasteiger charge is 2.33. The van der Waals surface area contributed by atoms with Crippen molar-refractivity contribution in [2.45, 2.75) is 12.3 Å². The molecule has 0 radical (unpaired) electrons. The van der Waals surface area contributed by atoms with Crippen LogP contribution in [0.3, 0.4) is 0 Å². The molecule has 1 atom stereocenters. The van der Waals surface area contributed by atoms with E-state index in [1.807, 2.05) is 0 Å². The topological polar surface area (TPSA) is 40.2 Å². The van der Waals surface area contributed by atoms with Crippen LogP contribution >= 0.6 is 0 Å². The lowest BCUT2D eigenvalue weighted by Gasteiger charge is -2.32. The fourth-order valence-corrected chi connectivity index (χ4v) is 3.49. The summed E-state index contributed by atoms with van der Waals surface area (Å²) in [7, 11) is 2.51. The lowest BCUT2D eigenvalue weighted by Crippen LogP contribution is -2.39. The van der Waals surface area contributed by atoms with E-state index in [9.17, 15) is 39.5 Å². The van der Waals surface area contributed by atoms with Crippen LogP contribution in [0.2, 0.25) is 0 Å². The Labute approximate surface area is 199 Å².